The Labute approximate surface area is 170 Å². The Kier molecular flexibility index (Phi) is 7.00. The molecular weight excluding hydrogens is 366 g/mol. The molecule has 0 fully saturated rings. The second-order valence-electron chi connectivity index (χ2n) is 6.36. The third kappa shape index (κ3) is 5.69. The van der Waals surface area contributed by atoms with Crippen LogP contribution in [0.3, 0.4) is 0 Å². The Bertz CT molecular complexity index is 902. The molecule has 3 rings (SSSR count). The summed E-state index contributed by atoms with van der Waals surface area (Å²) in [5.41, 5.74) is 2.35. The number of esters is 1. The predicted octanol–water partition coefficient (Wildman–Crippen LogP) is 4.15. The maximum absolute atomic E-state index is 12.6. The molecule has 0 aliphatic carbocycles. The minimum atomic E-state index is -0.421. The lowest BCUT2D eigenvalue weighted by Crippen LogP contribution is -2.33. The maximum atomic E-state index is 12.6. The van der Waals surface area contributed by atoms with Gasteiger partial charge in [-0.15, -0.1) is 0 Å². The summed E-state index contributed by atoms with van der Waals surface area (Å²) in [5.74, 6) is -0.249. The molecule has 0 radical (unpaired) electrons. The average molecular weight is 389 g/mol. The highest BCUT2D eigenvalue weighted by atomic mass is 16.5. The number of carbonyl (C=O) groups is 2. The summed E-state index contributed by atoms with van der Waals surface area (Å²) >= 11 is 0. The minimum Gasteiger partial charge on any atom is -0.484 e. The van der Waals surface area contributed by atoms with Gasteiger partial charge in [0, 0.05) is 0 Å². The molecule has 3 aromatic carbocycles. The number of ether oxygens (including phenoxy) is 2. The third-order valence-electron chi connectivity index (χ3n) is 4.29. The normalized spacial score (nSPS) is 10.4. The van der Waals surface area contributed by atoms with E-state index >= 15 is 0 Å². The van der Waals surface area contributed by atoms with Crippen molar-refractivity contribution in [3.8, 4) is 5.75 Å². The fourth-order valence-corrected chi connectivity index (χ4v) is 2.93. The molecule has 3 aromatic rings. The molecule has 0 aliphatic heterocycles. The van der Waals surface area contributed by atoms with Gasteiger partial charge in [-0.2, -0.15) is 0 Å². The SMILES string of the molecule is CCOC(=O)c1cccc(OCC(=O)NC(c2ccccc2)c2ccccc2)c1. The maximum Gasteiger partial charge on any atom is 0.338 e. The van der Waals surface area contributed by atoms with Crippen LogP contribution in [0.25, 0.3) is 0 Å². The van der Waals surface area contributed by atoms with Gasteiger partial charge < -0.3 is 14.8 Å². The van der Waals surface area contributed by atoms with E-state index in [-0.39, 0.29) is 18.6 Å². The van der Waals surface area contributed by atoms with Gasteiger partial charge in [0.05, 0.1) is 18.2 Å². The lowest BCUT2D eigenvalue weighted by molar-refractivity contribution is -0.123. The minimum absolute atomic E-state index is 0.164. The Morgan fingerprint density at radius 2 is 1.48 bits per heavy atom. The first-order chi connectivity index (χ1) is 14.2. The van der Waals surface area contributed by atoms with Gasteiger partial charge in [0.15, 0.2) is 6.61 Å². The van der Waals surface area contributed by atoms with Crippen molar-refractivity contribution in [2.45, 2.75) is 13.0 Å². The van der Waals surface area contributed by atoms with Gasteiger partial charge in [0.25, 0.3) is 5.91 Å². The molecule has 0 spiro atoms. The van der Waals surface area contributed by atoms with Crippen LogP contribution in [0.15, 0.2) is 84.9 Å². The third-order valence-corrected chi connectivity index (χ3v) is 4.29. The van der Waals surface area contributed by atoms with Gasteiger partial charge in [-0.25, -0.2) is 4.79 Å². The summed E-state index contributed by atoms with van der Waals surface area (Å²) in [6, 6.07) is 25.8. The van der Waals surface area contributed by atoms with Gasteiger partial charge in [0.1, 0.15) is 5.75 Å². The highest BCUT2D eigenvalue weighted by molar-refractivity contribution is 5.89. The first kappa shape index (κ1) is 20.1. The van der Waals surface area contributed by atoms with E-state index in [1.165, 1.54) is 0 Å². The smallest absolute Gasteiger partial charge is 0.338 e. The van der Waals surface area contributed by atoms with Gasteiger partial charge >= 0.3 is 5.97 Å². The molecule has 0 unspecified atom stereocenters. The molecule has 0 atom stereocenters. The van der Waals surface area contributed by atoms with Crippen LogP contribution >= 0.6 is 0 Å². The summed E-state index contributed by atoms with van der Waals surface area (Å²) in [6.45, 7) is 1.88. The highest BCUT2D eigenvalue weighted by Crippen LogP contribution is 2.22. The first-order valence-corrected chi connectivity index (χ1v) is 9.46. The second kappa shape index (κ2) is 10.1. The molecule has 5 nitrogen and oxygen atoms in total. The number of benzene rings is 3. The molecule has 5 heteroatoms. The van der Waals surface area contributed by atoms with Crippen LogP contribution in [-0.2, 0) is 9.53 Å². The Balaban J connectivity index is 1.67. The largest absolute Gasteiger partial charge is 0.484 e. The number of amides is 1. The van der Waals surface area contributed by atoms with Crippen LogP contribution in [0.4, 0.5) is 0 Å². The zero-order valence-electron chi connectivity index (χ0n) is 16.2. The fraction of sp³-hybridized carbons (Fsp3) is 0.167. The van der Waals surface area contributed by atoms with Crippen molar-refractivity contribution in [3.05, 3.63) is 102 Å². The molecule has 0 aliphatic rings. The Hall–Kier alpha value is -3.60. The Morgan fingerprint density at radius 1 is 0.862 bits per heavy atom. The van der Waals surface area contributed by atoms with Gasteiger partial charge in [0.2, 0.25) is 0 Å². The lowest BCUT2D eigenvalue weighted by Gasteiger charge is -2.20. The lowest BCUT2D eigenvalue weighted by atomic mass is 9.99. The van der Waals surface area contributed by atoms with Crippen LogP contribution in [0.1, 0.15) is 34.5 Å². The zero-order valence-corrected chi connectivity index (χ0v) is 16.2. The van der Waals surface area contributed by atoms with Crippen LogP contribution < -0.4 is 10.1 Å². The molecule has 0 saturated carbocycles. The fourth-order valence-electron chi connectivity index (χ4n) is 2.93. The summed E-state index contributed by atoms with van der Waals surface area (Å²) in [4.78, 5) is 24.4. The van der Waals surface area contributed by atoms with E-state index < -0.39 is 5.97 Å². The van der Waals surface area contributed by atoms with E-state index in [0.29, 0.717) is 17.9 Å². The quantitative estimate of drug-likeness (QED) is 0.588. The zero-order chi connectivity index (χ0) is 20.5. The highest BCUT2D eigenvalue weighted by Gasteiger charge is 2.17. The molecule has 148 valence electrons. The Morgan fingerprint density at radius 3 is 2.07 bits per heavy atom. The van der Waals surface area contributed by atoms with Crippen molar-refractivity contribution in [1.29, 1.82) is 0 Å². The standard InChI is InChI=1S/C24H23NO4/c1-2-28-24(27)20-14-9-15-21(16-20)29-17-22(26)25-23(18-10-5-3-6-11-18)19-12-7-4-8-13-19/h3-16,23H,2,17H2,1H3,(H,25,26). The van der Waals surface area contributed by atoms with Crippen LogP contribution in [0.2, 0.25) is 0 Å². The van der Waals surface area contributed by atoms with Gasteiger partial charge in [-0.05, 0) is 36.2 Å². The van der Waals surface area contributed by atoms with Crippen molar-refractivity contribution in [2.75, 3.05) is 13.2 Å². The van der Waals surface area contributed by atoms with Crippen LogP contribution in [0.5, 0.6) is 5.75 Å². The monoisotopic (exact) mass is 389 g/mol. The van der Waals surface area contributed by atoms with E-state index in [9.17, 15) is 9.59 Å². The topological polar surface area (TPSA) is 64.6 Å². The van der Waals surface area contributed by atoms with E-state index in [1.807, 2.05) is 60.7 Å². The molecule has 29 heavy (non-hydrogen) atoms. The molecule has 0 heterocycles. The number of carbonyl (C=O) groups excluding carboxylic acids is 2. The van der Waals surface area contributed by atoms with Crippen molar-refractivity contribution < 1.29 is 19.1 Å². The van der Waals surface area contributed by atoms with Gasteiger partial charge in [-0.1, -0.05) is 66.7 Å². The average Bonchev–Trinajstić information content (AvgIpc) is 2.77. The van der Waals surface area contributed by atoms with E-state index in [0.717, 1.165) is 11.1 Å². The summed E-state index contributed by atoms with van der Waals surface area (Å²) in [5, 5.41) is 3.02. The molecule has 1 amide bonds. The summed E-state index contributed by atoms with van der Waals surface area (Å²) in [7, 11) is 0. The summed E-state index contributed by atoms with van der Waals surface area (Å²) < 4.78 is 10.6. The summed E-state index contributed by atoms with van der Waals surface area (Å²) in [6.07, 6.45) is 0. The van der Waals surface area contributed by atoms with Crippen molar-refractivity contribution >= 4 is 11.9 Å². The van der Waals surface area contributed by atoms with Crippen molar-refractivity contribution in [3.63, 3.8) is 0 Å². The molecule has 0 aromatic heterocycles. The number of nitrogens with one attached hydrogen (secondary N) is 1. The predicted molar refractivity (Wildman–Crippen MR) is 111 cm³/mol. The van der Waals surface area contributed by atoms with Gasteiger partial charge in [-0.3, -0.25) is 4.79 Å². The number of rotatable bonds is 8. The molecule has 0 bridgehead atoms. The van der Waals surface area contributed by atoms with Crippen molar-refractivity contribution in [2.24, 2.45) is 0 Å². The second-order valence-corrected chi connectivity index (χ2v) is 6.36. The molecule has 0 saturated heterocycles. The first-order valence-electron chi connectivity index (χ1n) is 9.46. The van der Waals surface area contributed by atoms with E-state index in [2.05, 4.69) is 5.32 Å². The molecular formula is C24H23NO4. The number of hydrogen-bond donors (Lipinski definition) is 1. The van der Waals surface area contributed by atoms with Crippen LogP contribution in [-0.4, -0.2) is 25.1 Å². The van der Waals surface area contributed by atoms with Crippen molar-refractivity contribution in [1.82, 2.24) is 5.32 Å². The van der Waals surface area contributed by atoms with E-state index in [4.69, 9.17) is 9.47 Å². The van der Waals surface area contributed by atoms with E-state index in [1.54, 1.807) is 31.2 Å². The number of hydrogen-bond acceptors (Lipinski definition) is 4. The van der Waals surface area contributed by atoms with Crippen LogP contribution in [0, 0.1) is 0 Å². The molecule has 1 N–H and O–H groups in total.